The molecular weight excluding hydrogens is 278 g/mol. The molecular formula is C17H23N3O2. The number of nitrogens with zero attached hydrogens (tertiary/aromatic N) is 2. The molecule has 3 amide bonds. The average Bonchev–Trinajstić information content (AvgIpc) is 2.89. The Morgan fingerprint density at radius 3 is 2.50 bits per heavy atom. The Morgan fingerprint density at radius 1 is 1.14 bits per heavy atom. The summed E-state index contributed by atoms with van der Waals surface area (Å²) in [5.41, 5.74) is 2.08. The van der Waals surface area contributed by atoms with Gasteiger partial charge in [-0.25, -0.2) is 4.79 Å². The second-order valence-corrected chi connectivity index (χ2v) is 6.24. The van der Waals surface area contributed by atoms with Gasteiger partial charge in [0.25, 0.3) is 0 Å². The molecule has 1 aromatic carbocycles. The largest absolute Gasteiger partial charge is 0.333 e. The van der Waals surface area contributed by atoms with E-state index in [1.54, 1.807) is 4.90 Å². The lowest BCUT2D eigenvalue weighted by Gasteiger charge is -2.28. The number of anilines is 1. The zero-order valence-electron chi connectivity index (χ0n) is 13.0. The third kappa shape index (κ3) is 3.24. The van der Waals surface area contributed by atoms with Gasteiger partial charge in [-0.1, -0.05) is 17.7 Å². The van der Waals surface area contributed by atoms with Crippen molar-refractivity contribution in [3.8, 4) is 0 Å². The van der Waals surface area contributed by atoms with Crippen LogP contribution in [0.5, 0.6) is 0 Å². The summed E-state index contributed by atoms with van der Waals surface area (Å²) in [6.07, 6.45) is 3.74. The van der Waals surface area contributed by atoms with Gasteiger partial charge < -0.3 is 15.1 Å². The van der Waals surface area contributed by atoms with E-state index in [0.29, 0.717) is 13.0 Å². The highest BCUT2D eigenvalue weighted by Gasteiger charge is 2.32. The number of hydrogen-bond donors (Lipinski definition) is 1. The molecule has 118 valence electrons. The molecule has 5 nitrogen and oxygen atoms in total. The first-order valence-corrected chi connectivity index (χ1v) is 8.06. The monoisotopic (exact) mass is 301 g/mol. The molecule has 0 radical (unpaired) electrons. The molecule has 2 saturated heterocycles. The standard InChI is InChI=1S/C17H23N3O2/c1-13-5-7-15(8-6-13)20-12-14(11-16(20)21)18-17(22)19-9-3-2-4-10-19/h5-8,14H,2-4,9-12H2,1H3,(H,18,22)/t14-/m1/s1. The number of benzene rings is 1. The van der Waals surface area contributed by atoms with Crippen molar-refractivity contribution >= 4 is 17.6 Å². The van der Waals surface area contributed by atoms with Gasteiger partial charge in [0.15, 0.2) is 0 Å². The summed E-state index contributed by atoms with van der Waals surface area (Å²) >= 11 is 0. The molecule has 5 heteroatoms. The number of amides is 3. The summed E-state index contributed by atoms with van der Waals surface area (Å²) in [5, 5.41) is 3.01. The van der Waals surface area contributed by atoms with Crippen LogP contribution in [-0.2, 0) is 4.79 Å². The fraction of sp³-hybridized carbons (Fsp3) is 0.529. The van der Waals surface area contributed by atoms with Crippen molar-refractivity contribution in [1.29, 1.82) is 0 Å². The summed E-state index contributed by atoms with van der Waals surface area (Å²) in [7, 11) is 0. The Bertz CT molecular complexity index is 550. The van der Waals surface area contributed by atoms with Gasteiger partial charge in [0.1, 0.15) is 0 Å². The van der Waals surface area contributed by atoms with Crippen LogP contribution in [0.4, 0.5) is 10.5 Å². The van der Waals surface area contributed by atoms with Gasteiger partial charge in [-0.15, -0.1) is 0 Å². The van der Waals surface area contributed by atoms with Crippen LogP contribution in [0.15, 0.2) is 24.3 Å². The number of likely N-dealkylation sites (tertiary alicyclic amines) is 1. The SMILES string of the molecule is Cc1ccc(N2C[C@H](NC(=O)N3CCCCC3)CC2=O)cc1. The Morgan fingerprint density at radius 2 is 1.82 bits per heavy atom. The summed E-state index contributed by atoms with van der Waals surface area (Å²) in [6.45, 7) is 4.24. The van der Waals surface area contributed by atoms with Crippen LogP contribution < -0.4 is 10.2 Å². The van der Waals surface area contributed by atoms with Crippen LogP contribution >= 0.6 is 0 Å². The smallest absolute Gasteiger partial charge is 0.317 e. The molecule has 2 fully saturated rings. The Labute approximate surface area is 131 Å². The molecule has 22 heavy (non-hydrogen) atoms. The van der Waals surface area contributed by atoms with E-state index in [1.165, 1.54) is 12.0 Å². The molecule has 0 saturated carbocycles. The zero-order valence-corrected chi connectivity index (χ0v) is 13.0. The van der Waals surface area contributed by atoms with E-state index in [1.807, 2.05) is 36.1 Å². The normalized spacial score (nSPS) is 22.0. The fourth-order valence-corrected chi connectivity index (χ4v) is 3.14. The predicted octanol–water partition coefficient (Wildman–Crippen LogP) is 2.30. The first-order valence-electron chi connectivity index (χ1n) is 8.06. The zero-order chi connectivity index (χ0) is 15.5. The molecule has 0 aliphatic carbocycles. The van der Waals surface area contributed by atoms with Crippen molar-refractivity contribution in [1.82, 2.24) is 10.2 Å². The first-order chi connectivity index (χ1) is 10.6. The van der Waals surface area contributed by atoms with Gasteiger partial charge in [0, 0.05) is 31.7 Å². The first kappa shape index (κ1) is 14.9. The number of carbonyl (C=O) groups excluding carboxylic acids is 2. The molecule has 3 rings (SSSR count). The number of hydrogen-bond acceptors (Lipinski definition) is 2. The fourth-order valence-electron chi connectivity index (χ4n) is 3.14. The van der Waals surface area contributed by atoms with Crippen molar-refractivity contribution in [3.05, 3.63) is 29.8 Å². The lowest BCUT2D eigenvalue weighted by Crippen LogP contribution is -2.47. The molecule has 1 aromatic rings. The molecule has 2 aliphatic heterocycles. The van der Waals surface area contributed by atoms with Crippen molar-refractivity contribution in [2.24, 2.45) is 0 Å². The highest BCUT2D eigenvalue weighted by Crippen LogP contribution is 2.22. The Hall–Kier alpha value is -2.04. The number of nitrogens with one attached hydrogen (secondary N) is 1. The van der Waals surface area contributed by atoms with Crippen molar-refractivity contribution in [2.45, 2.75) is 38.6 Å². The number of aryl methyl sites for hydroxylation is 1. The minimum Gasteiger partial charge on any atom is -0.333 e. The highest BCUT2D eigenvalue weighted by atomic mass is 16.2. The van der Waals surface area contributed by atoms with Crippen molar-refractivity contribution in [2.75, 3.05) is 24.5 Å². The number of rotatable bonds is 2. The van der Waals surface area contributed by atoms with Crippen LogP contribution in [0.3, 0.4) is 0 Å². The van der Waals surface area contributed by atoms with Gasteiger partial charge in [-0.2, -0.15) is 0 Å². The van der Waals surface area contributed by atoms with Gasteiger partial charge >= 0.3 is 6.03 Å². The van der Waals surface area contributed by atoms with Crippen LogP contribution in [0, 0.1) is 6.92 Å². The Kier molecular flexibility index (Phi) is 4.32. The third-order valence-electron chi connectivity index (χ3n) is 4.44. The van der Waals surface area contributed by atoms with E-state index >= 15 is 0 Å². The Balaban J connectivity index is 1.59. The van der Waals surface area contributed by atoms with E-state index in [-0.39, 0.29) is 18.0 Å². The van der Waals surface area contributed by atoms with Gasteiger partial charge in [-0.3, -0.25) is 4.79 Å². The second kappa shape index (κ2) is 6.38. The van der Waals surface area contributed by atoms with Crippen LogP contribution in [0.25, 0.3) is 0 Å². The van der Waals surface area contributed by atoms with Crippen LogP contribution in [-0.4, -0.2) is 42.5 Å². The van der Waals surface area contributed by atoms with Gasteiger partial charge in [-0.05, 0) is 38.3 Å². The predicted molar refractivity (Wildman–Crippen MR) is 85.9 cm³/mol. The average molecular weight is 301 g/mol. The summed E-state index contributed by atoms with van der Waals surface area (Å²) in [5.74, 6) is 0.0767. The van der Waals surface area contributed by atoms with Crippen LogP contribution in [0.2, 0.25) is 0 Å². The molecule has 0 bridgehead atoms. The quantitative estimate of drug-likeness (QED) is 0.911. The molecule has 2 aliphatic rings. The van der Waals surface area contributed by atoms with Crippen molar-refractivity contribution < 1.29 is 9.59 Å². The molecule has 0 aromatic heterocycles. The minimum atomic E-state index is -0.0942. The molecule has 0 spiro atoms. The molecule has 1 atom stereocenters. The second-order valence-electron chi connectivity index (χ2n) is 6.24. The van der Waals surface area contributed by atoms with Crippen LogP contribution in [0.1, 0.15) is 31.2 Å². The topological polar surface area (TPSA) is 52.7 Å². The van der Waals surface area contributed by atoms with E-state index < -0.39 is 0 Å². The van der Waals surface area contributed by atoms with Crippen molar-refractivity contribution in [3.63, 3.8) is 0 Å². The maximum Gasteiger partial charge on any atom is 0.317 e. The number of carbonyl (C=O) groups is 2. The lowest BCUT2D eigenvalue weighted by molar-refractivity contribution is -0.117. The number of urea groups is 1. The van der Waals surface area contributed by atoms with E-state index in [0.717, 1.165) is 31.6 Å². The van der Waals surface area contributed by atoms with E-state index in [2.05, 4.69) is 5.32 Å². The molecule has 0 unspecified atom stereocenters. The highest BCUT2D eigenvalue weighted by molar-refractivity contribution is 5.96. The molecule has 2 heterocycles. The minimum absolute atomic E-state index is 0.0248. The van der Waals surface area contributed by atoms with E-state index in [4.69, 9.17) is 0 Å². The van der Waals surface area contributed by atoms with Gasteiger partial charge in [0.05, 0.1) is 6.04 Å². The third-order valence-corrected chi connectivity index (χ3v) is 4.44. The maximum absolute atomic E-state index is 12.2. The summed E-state index contributed by atoms with van der Waals surface area (Å²) in [4.78, 5) is 28.1. The maximum atomic E-state index is 12.2. The number of piperidine rings is 1. The summed E-state index contributed by atoms with van der Waals surface area (Å²) in [6, 6.07) is 7.81. The lowest BCUT2D eigenvalue weighted by atomic mass is 10.1. The summed E-state index contributed by atoms with van der Waals surface area (Å²) < 4.78 is 0. The molecule has 1 N–H and O–H groups in total. The van der Waals surface area contributed by atoms with E-state index in [9.17, 15) is 9.59 Å². The van der Waals surface area contributed by atoms with Gasteiger partial charge in [0.2, 0.25) is 5.91 Å².